The highest BCUT2D eigenvalue weighted by Gasteiger charge is 2.06. The van der Waals surface area contributed by atoms with Crippen molar-refractivity contribution in [3.63, 3.8) is 0 Å². The van der Waals surface area contributed by atoms with Crippen LogP contribution in [0.3, 0.4) is 0 Å². The molecule has 0 unspecified atom stereocenters. The molecule has 2 heterocycles. The molecule has 0 aliphatic heterocycles. The molecule has 3 nitrogen and oxygen atoms in total. The first kappa shape index (κ1) is 13.3. The van der Waals surface area contributed by atoms with Crippen molar-refractivity contribution in [2.45, 2.75) is 10.9 Å². The molecule has 4 rings (SSSR count). The van der Waals surface area contributed by atoms with Gasteiger partial charge >= 0.3 is 0 Å². The van der Waals surface area contributed by atoms with Crippen LogP contribution in [-0.4, -0.2) is 15.0 Å². The Morgan fingerprint density at radius 3 is 2.82 bits per heavy atom. The van der Waals surface area contributed by atoms with Crippen LogP contribution < -0.4 is 0 Å². The van der Waals surface area contributed by atoms with Crippen LogP contribution in [0.25, 0.3) is 21.9 Å². The third-order valence-electron chi connectivity index (χ3n) is 3.44. The number of hydrogen-bond donors (Lipinski definition) is 1. The van der Waals surface area contributed by atoms with Gasteiger partial charge in [-0.25, -0.2) is 9.37 Å². The Morgan fingerprint density at radius 2 is 1.86 bits per heavy atom. The van der Waals surface area contributed by atoms with Crippen LogP contribution in [0.1, 0.15) is 5.69 Å². The molecule has 0 aliphatic rings. The summed E-state index contributed by atoms with van der Waals surface area (Å²) in [5.41, 5.74) is 3.48. The van der Waals surface area contributed by atoms with Crippen molar-refractivity contribution in [1.29, 1.82) is 0 Å². The second-order valence-corrected chi connectivity index (χ2v) is 5.95. The standard InChI is InChI=1S/C17H12FN3S/c18-12-6-8-15-16(9-12)21-17(20-15)22-10-13-7-5-11-3-1-2-4-14(11)19-13/h1-9H,10H2,(H,20,21). The molecule has 0 fully saturated rings. The first-order valence-electron chi connectivity index (χ1n) is 6.91. The fourth-order valence-electron chi connectivity index (χ4n) is 2.36. The zero-order valence-corrected chi connectivity index (χ0v) is 12.4. The van der Waals surface area contributed by atoms with Gasteiger partial charge in [0, 0.05) is 11.1 Å². The highest BCUT2D eigenvalue weighted by molar-refractivity contribution is 7.98. The number of thioether (sulfide) groups is 1. The first-order valence-corrected chi connectivity index (χ1v) is 7.89. The number of nitrogens with one attached hydrogen (secondary N) is 1. The van der Waals surface area contributed by atoms with Gasteiger partial charge in [0.25, 0.3) is 0 Å². The monoisotopic (exact) mass is 309 g/mol. The van der Waals surface area contributed by atoms with Crippen LogP contribution in [0.15, 0.2) is 59.8 Å². The first-order chi connectivity index (χ1) is 10.8. The zero-order chi connectivity index (χ0) is 14.9. The minimum Gasteiger partial charge on any atom is -0.333 e. The van der Waals surface area contributed by atoms with Crippen molar-refractivity contribution in [3.05, 3.63) is 66.1 Å². The van der Waals surface area contributed by atoms with Gasteiger partial charge in [-0.15, -0.1) is 0 Å². The lowest BCUT2D eigenvalue weighted by atomic mass is 10.2. The van der Waals surface area contributed by atoms with Crippen molar-refractivity contribution in [2.24, 2.45) is 0 Å². The van der Waals surface area contributed by atoms with E-state index in [0.717, 1.165) is 27.3 Å². The number of nitrogens with zero attached hydrogens (tertiary/aromatic N) is 2. The summed E-state index contributed by atoms with van der Waals surface area (Å²) in [6, 6.07) is 16.7. The molecule has 0 aliphatic carbocycles. The normalized spacial score (nSPS) is 11.3. The number of imidazole rings is 1. The Bertz CT molecular complexity index is 964. The molecule has 0 radical (unpaired) electrons. The molecule has 0 bridgehead atoms. The van der Waals surface area contributed by atoms with E-state index in [9.17, 15) is 4.39 Å². The summed E-state index contributed by atoms with van der Waals surface area (Å²) in [6.45, 7) is 0. The Hall–Kier alpha value is -2.40. The number of aromatic nitrogens is 3. The SMILES string of the molecule is Fc1ccc2nc(SCc3ccc4ccccc4n3)[nH]c2c1. The van der Waals surface area contributed by atoms with Crippen molar-refractivity contribution >= 4 is 33.7 Å². The van der Waals surface area contributed by atoms with E-state index in [4.69, 9.17) is 0 Å². The maximum Gasteiger partial charge on any atom is 0.166 e. The Kier molecular flexibility index (Phi) is 3.27. The second-order valence-electron chi connectivity index (χ2n) is 4.99. The lowest BCUT2D eigenvalue weighted by molar-refractivity contribution is 0.629. The summed E-state index contributed by atoms with van der Waals surface area (Å²) in [4.78, 5) is 12.2. The van der Waals surface area contributed by atoms with Crippen molar-refractivity contribution < 1.29 is 4.39 Å². The molecular weight excluding hydrogens is 297 g/mol. The summed E-state index contributed by atoms with van der Waals surface area (Å²) in [7, 11) is 0. The van der Waals surface area contributed by atoms with E-state index in [1.165, 1.54) is 12.1 Å². The largest absolute Gasteiger partial charge is 0.333 e. The van der Waals surface area contributed by atoms with Gasteiger partial charge in [-0.1, -0.05) is 36.0 Å². The number of rotatable bonds is 3. The molecule has 2 aromatic heterocycles. The molecule has 0 spiro atoms. The molecule has 2 aromatic carbocycles. The fraction of sp³-hybridized carbons (Fsp3) is 0.0588. The summed E-state index contributed by atoms with van der Waals surface area (Å²) in [5, 5.41) is 1.91. The number of H-pyrrole nitrogens is 1. The smallest absolute Gasteiger partial charge is 0.166 e. The Labute approximate surface area is 130 Å². The number of halogens is 1. The van der Waals surface area contributed by atoms with E-state index < -0.39 is 0 Å². The van der Waals surface area contributed by atoms with Crippen LogP contribution in [0.5, 0.6) is 0 Å². The number of fused-ring (bicyclic) bond motifs is 2. The van der Waals surface area contributed by atoms with Gasteiger partial charge in [0.2, 0.25) is 0 Å². The summed E-state index contributed by atoms with van der Waals surface area (Å²) in [5.74, 6) is 0.455. The van der Waals surface area contributed by atoms with E-state index in [0.29, 0.717) is 11.3 Å². The van der Waals surface area contributed by atoms with Gasteiger partial charge in [-0.3, -0.25) is 4.98 Å². The molecule has 0 saturated carbocycles. The predicted molar refractivity (Wildman–Crippen MR) is 87.4 cm³/mol. The molecule has 0 saturated heterocycles. The predicted octanol–water partition coefficient (Wildman–Crippen LogP) is 4.54. The van der Waals surface area contributed by atoms with Crippen molar-refractivity contribution in [2.75, 3.05) is 0 Å². The van der Waals surface area contributed by atoms with Gasteiger partial charge in [-0.05, 0) is 30.3 Å². The molecule has 0 amide bonds. The van der Waals surface area contributed by atoms with Crippen LogP contribution in [0, 0.1) is 5.82 Å². The van der Waals surface area contributed by atoms with Gasteiger partial charge in [0.1, 0.15) is 5.82 Å². The highest BCUT2D eigenvalue weighted by atomic mass is 32.2. The highest BCUT2D eigenvalue weighted by Crippen LogP contribution is 2.23. The van der Waals surface area contributed by atoms with Crippen LogP contribution >= 0.6 is 11.8 Å². The number of para-hydroxylation sites is 1. The second kappa shape index (κ2) is 5.42. The van der Waals surface area contributed by atoms with Gasteiger partial charge in [0.05, 0.1) is 22.2 Å². The van der Waals surface area contributed by atoms with Gasteiger partial charge in [0.15, 0.2) is 5.16 Å². The van der Waals surface area contributed by atoms with Crippen LogP contribution in [-0.2, 0) is 5.75 Å². The molecule has 22 heavy (non-hydrogen) atoms. The fourth-order valence-corrected chi connectivity index (χ4v) is 3.15. The minimum atomic E-state index is -0.260. The topological polar surface area (TPSA) is 41.6 Å². The Morgan fingerprint density at radius 1 is 0.955 bits per heavy atom. The van der Waals surface area contributed by atoms with E-state index >= 15 is 0 Å². The average Bonchev–Trinajstić information content (AvgIpc) is 2.94. The maximum atomic E-state index is 13.2. The molecule has 4 aromatic rings. The summed E-state index contributed by atoms with van der Waals surface area (Å²) < 4.78 is 13.2. The molecule has 108 valence electrons. The maximum absolute atomic E-state index is 13.2. The number of hydrogen-bond acceptors (Lipinski definition) is 3. The van der Waals surface area contributed by atoms with E-state index in [2.05, 4.69) is 21.0 Å². The summed E-state index contributed by atoms with van der Waals surface area (Å²) in [6.07, 6.45) is 0. The van der Waals surface area contributed by atoms with Crippen LogP contribution in [0.2, 0.25) is 0 Å². The third-order valence-corrected chi connectivity index (χ3v) is 4.34. The van der Waals surface area contributed by atoms with Gasteiger partial charge in [-0.2, -0.15) is 0 Å². The Balaban J connectivity index is 1.56. The number of aromatic amines is 1. The number of benzene rings is 2. The van der Waals surface area contributed by atoms with Crippen LogP contribution in [0.4, 0.5) is 4.39 Å². The molecule has 5 heteroatoms. The molecular formula is C17H12FN3S. The average molecular weight is 309 g/mol. The third kappa shape index (κ3) is 2.55. The van der Waals surface area contributed by atoms with E-state index in [1.54, 1.807) is 17.8 Å². The minimum absolute atomic E-state index is 0.260. The molecule has 1 N–H and O–H groups in total. The summed E-state index contributed by atoms with van der Waals surface area (Å²) >= 11 is 1.56. The lowest BCUT2D eigenvalue weighted by Crippen LogP contribution is -1.88. The van der Waals surface area contributed by atoms with E-state index in [-0.39, 0.29) is 5.82 Å². The lowest BCUT2D eigenvalue weighted by Gasteiger charge is -2.01. The van der Waals surface area contributed by atoms with E-state index in [1.807, 2.05) is 30.3 Å². The zero-order valence-electron chi connectivity index (χ0n) is 11.6. The molecule has 0 atom stereocenters. The van der Waals surface area contributed by atoms with Crippen molar-refractivity contribution in [1.82, 2.24) is 15.0 Å². The van der Waals surface area contributed by atoms with Crippen molar-refractivity contribution in [3.8, 4) is 0 Å². The van der Waals surface area contributed by atoms with Gasteiger partial charge < -0.3 is 4.98 Å². The quantitative estimate of drug-likeness (QED) is 0.565. The number of pyridine rings is 1.